The van der Waals surface area contributed by atoms with Crippen molar-refractivity contribution in [2.24, 2.45) is 5.84 Å². The van der Waals surface area contributed by atoms with E-state index in [1.807, 2.05) is 5.43 Å². The summed E-state index contributed by atoms with van der Waals surface area (Å²) in [7, 11) is 0. The van der Waals surface area contributed by atoms with E-state index in [2.05, 4.69) is 12.4 Å². The van der Waals surface area contributed by atoms with Crippen molar-refractivity contribution in [3.8, 4) is 0 Å². The zero-order valence-electron chi connectivity index (χ0n) is 3.68. The fourth-order valence-corrected chi connectivity index (χ4v) is 0.0589. The highest BCUT2D eigenvalue weighted by atomic mass is 35.5. The summed E-state index contributed by atoms with van der Waals surface area (Å²) in [5, 5.41) is 0. The molecule has 0 saturated carbocycles. The third-order valence-electron chi connectivity index (χ3n) is 0.328. The maximum Gasteiger partial charge on any atom is 0.257 e. The van der Waals surface area contributed by atoms with Crippen LogP contribution in [-0.4, -0.2) is 5.91 Å². The van der Waals surface area contributed by atoms with Gasteiger partial charge < -0.3 is 0 Å². The highest BCUT2D eigenvalue weighted by Crippen LogP contribution is 1.54. The molecule has 0 aliphatic carbocycles. The first-order valence-electron chi connectivity index (χ1n) is 1.44. The van der Waals surface area contributed by atoms with Gasteiger partial charge in [0.25, 0.3) is 5.91 Å². The summed E-state index contributed by atoms with van der Waals surface area (Å²) in [4.78, 5) is 9.83. The van der Waals surface area contributed by atoms with Gasteiger partial charge in [-0.3, -0.25) is 10.2 Å². The SMILES string of the molecule is C=CC(=O)NN.Cl. The van der Waals surface area contributed by atoms with Gasteiger partial charge in [0.05, 0.1) is 0 Å². The van der Waals surface area contributed by atoms with Crippen molar-refractivity contribution in [1.29, 1.82) is 0 Å². The molecule has 0 saturated heterocycles. The summed E-state index contributed by atoms with van der Waals surface area (Å²) in [5.41, 5.74) is 1.86. The van der Waals surface area contributed by atoms with Crippen molar-refractivity contribution in [1.82, 2.24) is 5.43 Å². The highest BCUT2D eigenvalue weighted by Gasteiger charge is 1.79. The molecule has 0 aromatic heterocycles. The number of nitrogens with two attached hydrogens (primary N) is 1. The van der Waals surface area contributed by atoms with Gasteiger partial charge in [-0.25, -0.2) is 5.84 Å². The van der Waals surface area contributed by atoms with Gasteiger partial charge in [-0.15, -0.1) is 12.4 Å². The minimum Gasteiger partial charge on any atom is -0.291 e. The predicted molar refractivity (Wildman–Crippen MR) is 29.8 cm³/mol. The monoisotopic (exact) mass is 122 g/mol. The van der Waals surface area contributed by atoms with E-state index in [0.717, 1.165) is 6.08 Å². The van der Waals surface area contributed by atoms with Gasteiger partial charge in [-0.05, 0) is 6.08 Å². The largest absolute Gasteiger partial charge is 0.291 e. The number of hydrazine groups is 1. The molecule has 0 unspecified atom stereocenters. The summed E-state index contributed by atoms with van der Waals surface area (Å²) in [5.74, 6) is 4.25. The molecular weight excluding hydrogens is 115 g/mol. The Morgan fingerprint density at radius 2 is 2.29 bits per heavy atom. The maximum atomic E-state index is 9.83. The van der Waals surface area contributed by atoms with E-state index in [4.69, 9.17) is 0 Å². The molecule has 0 aromatic rings. The molecule has 0 spiro atoms. The number of carbonyl (C=O) groups is 1. The van der Waals surface area contributed by atoms with E-state index < -0.39 is 0 Å². The average Bonchev–Trinajstić information content (AvgIpc) is 1.65. The first kappa shape index (κ1) is 9.68. The van der Waals surface area contributed by atoms with Crippen LogP contribution >= 0.6 is 12.4 Å². The second-order valence-corrected chi connectivity index (χ2v) is 0.713. The zero-order valence-corrected chi connectivity index (χ0v) is 4.49. The highest BCUT2D eigenvalue weighted by molar-refractivity contribution is 5.86. The summed E-state index contributed by atoms with van der Waals surface area (Å²) in [6, 6.07) is 0. The van der Waals surface area contributed by atoms with E-state index in [1.54, 1.807) is 0 Å². The molecule has 1 amide bonds. The summed E-state index contributed by atoms with van der Waals surface area (Å²) in [6.45, 7) is 3.14. The van der Waals surface area contributed by atoms with Gasteiger partial charge in [0.1, 0.15) is 0 Å². The molecule has 4 heteroatoms. The average molecular weight is 123 g/mol. The molecule has 0 atom stereocenters. The Morgan fingerprint density at radius 3 is 2.29 bits per heavy atom. The molecule has 0 fully saturated rings. The first-order valence-corrected chi connectivity index (χ1v) is 1.44. The first-order chi connectivity index (χ1) is 2.81. The molecule has 0 rings (SSSR count). The minimum atomic E-state index is -0.366. The smallest absolute Gasteiger partial charge is 0.257 e. The predicted octanol–water partition coefficient (Wildman–Crippen LogP) is -0.416. The molecule has 0 heterocycles. The van der Waals surface area contributed by atoms with E-state index in [9.17, 15) is 4.79 Å². The van der Waals surface area contributed by atoms with Gasteiger partial charge in [-0.2, -0.15) is 0 Å². The van der Waals surface area contributed by atoms with E-state index in [-0.39, 0.29) is 18.3 Å². The van der Waals surface area contributed by atoms with Crippen molar-refractivity contribution < 1.29 is 4.79 Å². The van der Waals surface area contributed by atoms with Crippen LogP contribution in [0, 0.1) is 0 Å². The Hall–Kier alpha value is -0.540. The van der Waals surface area contributed by atoms with E-state index >= 15 is 0 Å². The van der Waals surface area contributed by atoms with Crippen LogP contribution in [-0.2, 0) is 4.79 Å². The summed E-state index contributed by atoms with van der Waals surface area (Å²) >= 11 is 0. The molecule has 7 heavy (non-hydrogen) atoms. The lowest BCUT2D eigenvalue weighted by Gasteiger charge is -1.82. The van der Waals surface area contributed by atoms with Gasteiger partial charge in [-0.1, -0.05) is 6.58 Å². The third-order valence-corrected chi connectivity index (χ3v) is 0.328. The van der Waals surface area contributed by atoms with Crippen LogP contribution in [0.25, 0.3) is 0 Å². The summed E-state index contributed by atoms with van der Waals surface area (Å²) < 4.78 is 0. The number of rotatable bonds is 1. The summed E-state index contributed by atoms with van der Waals surface area (Å²) in [6.07, 6.45) is 1.10. The van der Waals surface area contributed by atoms with Gasteiger partial charge in [0.2, 0.25) is 0 Å². The quantitative estimate of drug-likeness (QED) is 0.215. The topological polar surface area (TPSA) is 55.1 Å². The minimum absolute atomic E-state index is 0. The number of nitrogens with one attached hydrogen (secondary N) is 1. The number of hydrogen-bond acceptors (Lipinski definition) is 2. The Balaban J connectivity index is 0. The second-order valence-electron chi connectivity index (χ2n) is 0.713. The molecule has 0 bridgehead atoms. The zero-order chi connectivity index (χ0) is 4.99. The van der Waals surface area contributed by atoms with Crippen molar-refractivity contribution in [2.45, 2.75) is 0 Å². The van der Waals surface area contributed by atoms with Crippen LogP contribution in [0.2, 0.25) is 0 Å². The fourth-order valence-electron chi connectivity index (χ4n) is 0.0589. The molecule has 3 nitrogen and oxygen atoms in total. The second kappa shape index (κ2) is 5.46. The Bertz CT molecular complexity index is 73.3. The normalized spacial score (nSPS) is 5.86. The molecule has 0 aromatic carbocycles. The molecule has 0 aliphatic heterocycles. The Kier molecular flexibility index (Phi) is 7.55. The fraction of sp³-hybridized carbons (Fsp3) is 0. The molecule has 3 N–H and O–H groups in total. The van der Waals surface area contributed by atoms with Crippen LogP contribution in [0.15, 0.2) is 12.7 Å². The lowest BCUT2D eigenvalue weighted by molar-refractivity contribution is -0.116. The standard InChI is InChI=1S/C3H6N2O.ClH/c1-2-3(6)5-4;/h2H,1,4H2,(H,5,6);1H. The lowest BCUT2D eigenvalue weighted by Crippen LogP contribution is -2.27. The van der Waals surface area contributed by atoms with Gasteiger partial charge in [0.15, 0.2) is 0 Å². The van der Waals surface area contributed by atoms with Gasteiger partial charge >= 0.3 is 0 Å². The van der Waals surface area contributed by atoms with Crippen molar-refractivity contribution in [2.75, 3.05) is 0 Å². The van der Waals surface area contributed by atoms with E-state index in [1.165, 1.54) is 0 Å². The Morgan fingerprint density at radius 1 is 1.86 bits per heavy atom. The Labute approximate surface area is 48.0 Å². The van der Waals surface area contributed by atoms with Crippen LogP contribution in [0.5, 0.6) is 0 Å². The molecular formula is C3H7ClN2O. The van der Waals surface area contributed by atoms with Crippen molar-refractivity contribution in [3.05, 3.63) is 12.7 Å². The molecule has 0 radical (unpaired) electrons. The van der Waals surface area contributed by atoms with Crippen LogP contribution in [0.3, 0.4) is 0 Å². The number of amides is 1. The van der Waals surface area contributed by atoms with Crippen LogP contribution < -0.4 is 11.3 Å². The van der Waals surface area contributed by atoms with Crippen LogP contribution in [0.4, 0.5) is 0 Å². The lowest BCUT2D eigenvalue weighted by atomic mass is 10.6. The third kappa shape index (κ3) is 5.46. The molecule has 0 aliphatic rings. The van der Waals surface area contributed by atoms with Crippen molar-refractivity contribution in [3.63, 3.8) is 0 Å². The van der Waals surface area contributed by atoms with Crippen LogP contribution in [0.1, 0.15) is 0 Å². The number of hydrogen-bond donors (Lipinski definition) is 2. The number of carbonyl (C=O) groups excluding carboxylic acids is 1. The number of halogens is 1. The molecule has 42 valence electrons. The maximum absolute atomic E-state index is 9.83. The van der Waals surface area contributed by atoms with E-state index in [0.29, 0.717) is 0 Å². The van der Waals surface area contributed by atoms with Gasteiger partial charge in [0, 0.05) is 0 Å². The van der Waals surface area contributed by atoms with Crippen molar-refractivity contribution >= 4 is 18.3 Å².